The van der Waals surface area contributed by atoms with Gasteiger partial charge in [-0.3, -0.25) is 9.69 Å². The molecule has 2 aromatic carbocycles. The van der Waals surface area contributed by atoms with Gasteiger partial charge in [-0.05, 0) is 31.0 Å². The number of fused-ring (bicyclic) bond motifs is 2. The number of ether oxygens (including phenoxy) is 2. The number of thiophene rings is 1. The van der Waals surface area contributed by atoms with Crippen LogP contribution in [0.4, 0.5) is 5.13 Å². The first-order valence-electron chi connectivity index (χ1n) is 9.69. The predicted molar refractivity (Wildman–Crippen MR) is 124 cm³/mol. The van der Waals surface area contributed by atoms with Crippen LogP contribution in [0.25, 0.3) is 20.3 Å². The number of benzene rings is 2. The van der Waals surface area contributed by atoms with E-state index in [0.717, 1.165) is 39.8 Å². The molecule has 0 N–H and O–H groups in total. The van der Waals surface area contributed by atoms with Crippen LogP contribution in [-0.2, 0) is 4.74 Å². The average molecular weight is 459 g/mol. The smallest absolute Gasteiger partial charge is 0.271 e. The van der Waals surface area contributed by atoms with E-state index in [0.29, 0.717) is 27.3 Å². The van der Waals surface area contributed by atoms with Crippen LogP contribution in [0, 0.1) is 0 Å². The summed E-state index contributed by atoms with van der Waals surface area (Å²) in [4.78, 5) is 20.7. The number of carbonyl (C=O) groups is 1. The molecule has 8 heteroatoms. The summed E-state index contributed by atoms with van der Waals surface area (Å²) in [6.07, 6.45) is 1.93. The van der Waals surface area contributed by atoms with E-state index in [1.54, 1.807) is 12.0 Å². The number of rotatable bonds is 5. The summed E-state index contributed by atoms with van der Waals surface area (Å²) in [5.74, 6) is 0.550. The molecule has 1 unspecified atom stereocenters. The van der Waals surface area contributed by atoms with Gasteiger partial charge in [-0.1, -0.05) is 47.2 Å². The van der Waals surface area contributed by atoms with Crippen LogP contribution in [0.5, 0.6) is 5.75 Å². The van der Waals surface area contributed by atoms with E-state index in [-0.39, 0.29) is 12.0 Å². The van der Waals surface area contributed by atoms with E-state index in [1.807, 2.05) is 42.5 Å². The van der Waals surface area contributed by atoms with Gasteiger partial charge in [0.25, 0.3) is 5.91 Å². The van der Waals surface area contributed by atoms with Crippen LogP contribution < -0.4 is 9.64 Å². The Morgan fingerprint density at radius 3 is 2.83 bits per heavy atom. The summed E-state index contributed by atoms with van der Waals surface area (Å²) in [7, 11) is 1.63. The Balaban J connectivity index is 1.59. The fourth-order valence-corrected chi connectivity index (χ4v) is 6.16. The van der Waals surface area contributed by atoms with Gasteiger partial charge in [-0.2, -0.15) is 0 Å². The zero-order valence-electron chi connectivity index (χ0n) is 16.3. The van der Waals surface area contributed by atoms with E-state index in [2.05, 4.69) is 0 Å². The quantitative estimate of drug-likeness (QED) is 0.368. The minimum Gasteiger partial charge on any atom is -0.494 e. The van der Waals surface area contributed by atoms with Gasteiger partial charge in [0.15, 0.2) is 5.13 Å². The molecule has 0 bridgehead atoms. The maximum atomic E-state index is 13.7. The van der Waals surface area contributed by atoms with E-state index in [9.17, 15) is 4.79 Å². The number of anilines is 1. The SMILES string of the molecule is COc1cccc2sc(N(CC3CCCO3)C(=O)c3sc4ccccc4c3Cl)nc12. The number of aromatic nitrogens is 1. The molecule has 1 aliphatic rings. The monoisotopic (exact) mass is 458 g/mol. The Kier molecular flexibility index (Phi) is 5.37. The average Bonchev–Trinajstić information content (AvgIpc) is 3.50. The molecule has 1 saturated heterocycles. The van der Waals surface area contributed by atoms with Gasteiger partial charge in [0.2, 0.25) is 0 Å². The molecule has 1 fully saturated rings. The second-order valence-corrected chi connectivity index (χ2v) is 9.53. The van der Waals surface area contributed by atoms with Gasteiger partial charge in [-0.25, -0.2) is 4.98 Å². The molecule has 1 amide bonds. The predicted octanol–water partition coefficient (Wildman–Crippen LogP) is 6.00. The lowest BCUT2D eigenvalue weighted by Crippen LogP contribution is -2.37. The lowest BCUT2D eigenvalue weighted by atomic mass is 10.2. The van der Waals surface area contributed by atoms with Crippen molar-refractivity contribution in [3.63, 3.8) is 0 Å². The number of hydrogen-bond donors (Lipinski definition) is 0. The van der Waals surface area contributed by atoms with Crippen LogP contribution in [-0.4, -0.2) is 37.3 Å². The van der Waals surface area contributed by atoms with Crippen molar-refractivity contribution >= 4 is 65.6 Å². The Hall–Kier alpha value is -2.19. The van der Waals surface area contributed by atoms with Gasteiger partial charge < -0.3 is 9.47 Å². The summed E-state index contributed by atoms with van der Waals surface area (Å²) in [6, 6.07) is 13.6. The maximum absolute atomic E-state index is 13.7. The Morgan fingerprint density at radius 2 is 2.07 bits per heavy atom. The molecule has 1 atom stereocenters. The highest BCUT2D eigenvalue weighted by Gasteiger charge is 2.30. The molecular formula is C22H19ClN2O3S2. The number of methoxy groups -OCH3 is 1. The molecule has 0 radical (unpaired) electrons. The van der Waals surface area contributed by atoms with Gasteiger partial charge in [0.1, 0.15) is 16.1 Å². The number of para-hydroxylation sites is 1. The van der Waals surface area contributed by atoms with Crippen molar-refractivity contribution in [2.75, 3.05) is 25.2 Å². The summed E-state index contributed by atoms with van der Waals surface area (Å²) in [6.45, 7) is 1.18. The zero-order chi connectivity index (χ0) is 20.7. The van der Waals surface area contributed by atoms with E-state index >= 15 is 0 Å². The number of halogens is 1. The number of nitrogens with zero attached hydrogens (tertiary/aromatic N) is 2. The third-order valence-corrected chi connectivity index (χ3v) is 7.91. The van der Waals surface area contributed by atoms with Crippen molar-refractivity contribution in [3.05, 3.63) is 52.4 Å². The highest BCUT2D eigenvalue weighted by molar-refractivity contribution is 7.23. The van der Waals surface area contributed by atoms with Crippen molar-refractivity contribution in [2.45, 2.75) is 18.9 Å². The molecule has 4 aromatic rings. The zero-order valence-corrected chi connectivity index (χ0v) is 18.6. The Bertz CT molecular complexity index is 1230. The van der Waals surface area contributed by atoms with Crippen molar-refractivity contribution in [1.82, 2.24) is 4.98 Å². The largest absolute Gasteiger partial charge is 0.494 e. The van der Waals surface area contributed by atoms with Crippen LogP contribution in [0.1, 0.15) is 22.5 Å². The first-order chi connectivity index (χ1) is 14.7. The molecule has 0 aliphatic carbocycles. The molecule has 5 rings (SSSR count). The van der Waals surface area contributed by atoms with Gasteiger partial charge in [0, 0.05) is 16.7 Å². The second kappa shape index (κ2) is 8.15. The summed E-state index contributed by atoms with van der Waals surface area (Å²) < 4.78 is 13.2. The maximum Gasteiger partial charge on any atom is 0.271 e. The third kappa shape index (κ3) is 3.46. The van der Waals surface area contributed by atoms with E-state index < -0.39 is 0 Å². The fraction of sp³-hybridized carbons (Fsp3) is 0.273. The standard InChI is InChI=1S/C22H19ClN2O3S2/c1-27-15-8-4-10-17-19(15)24-22(30-17)25(12-13-6-5-11-28-13)21(26)20-18(23)14-7-2-3-9-16(14)29-20/h2-4,7-10,13H,5-6,11-12H2,1H3. The van der Waals surface area contributed by atoms with Crippen molar-refractivity contribution in [2.24, 2.45) is 0 Å². The minimum atomic E-state index is -0.144. The molecule has 3 heterocycles. The molecule has 5 nitrogen and oxygen atoms in total. The minimum absolute atomic E-state index is 0.00369. The van der Waals surface area contributed by atoms with Crippen LogP contribution >= 0.6 is 34.3 Å². The highest BCUT2D eigenvalue weighted by atomic mass is 35.5. The van der Waals surface area contributed by atoms with Gasteiger partial charge in [0.05, 0.1) is 29.5 Å². The Labute approximate surface area is 186 Å². The molecule has 0 saturated carbocycles. The first-order valence-corrected chi connectivity index (χ1v) is 11.7. The second-order valence-electron chi connectivity index (χ2n) is 7.10. The summed E-state index contributed by atoms with van der Waals surface area (Å²) in [5.41, 5.74) is 0.757. The normalized spacial score (nSPS) is 16.4. The molecule has 154 valence electrons. The number of thiazole rings is 1. The van der Waals surface area contributed by atoms with Crippen LogP contribution in [0.3, 0.4) is 0 Å². The summed E-state index contributed by atoms with van der Waals surface area (Å²) >= 11 is 9.51. The number of hydrogen-bond acceptors (Lipinski definition) is 6. The number of carbonyl (C=O) groups excluding carboxylic acids is 1. The van der Waals surface area contributed by atoms with Crippen molar-refractivity contribution < 1.29 is 14.3 Å². The van der Waals surface area contributed by atoms with Crippen LogP contribution in [0.2, 0.25) is 5.02 Å². The third-order valence-electron chi connectivity index (χ3n) is 5.21. The summed E-state index contributed by atoms with van der Waals surface area (Å²) in [5, 5.41) is 2.02. The lowest BCUT2D eigenvalue weighted by Gasteiger charge is -2.22. The van der Waals surface area contributed by atoms with Crippen molar-refractivity contribution in [3.8, 4) is 5.75 Å². The topological polar surface area (TPSA) is 51.7 Å². The van der Waals surface area contributed by atoms with Crippen molar-refractivity contribution in [1.29, 1.82) is 0 Å². The molecule has 2 aromatic heterocycles. The lowest BCUT2D eigenvalue weighted by molar-refractivity contribution is 0.0921. The highest BCUT2D eigenvalue weighted by Crippen LogP contribution is 2.39. The fourth-order valence-electron chi connectivity index (χ4n) is 3.71. The molecule has 0 spiro atoms. The molecule has 30 heavy (non-hydrogen) atoms. The molecular weight excluding hydrogens is 440 g/mol. The number of amides is 1. The van der Waals surface area contributed by atoms with Crippen LogP contribution in [0.15, 0.2) is 42.5 Å². The van der Waals surface area contributed by atoms with Gasteiger partial charge in [-0.15, -0.1) is 11.3 Å². The first kappa shape index (κ1) is 19.8. The molecule has 1 aliphatic heterocycles. The van der Waals surface area contributed by atoms with E-state index in [4.69, 9.17) is 26.1 Å². The van der Waals surface area contributed by atoms with Gasteiger partial charge >= 0.3 is 0 Å². The Morgan fingerprint density at radius 1 is 1.23 bits per heavy atom. The van der Waals surface area contributed by atoms with E-state index in [1.165, 1.54) is 22.7 Å².